The van der Waals surface area contributed by atoms with E-state index in [0.717, 1.165) is 6.08 Å². The van der Waals surface area contributed by atoms with E-state index >= 15 is 0 Å². The minimum atomic E-state index is -0.589. The van der Waals surface area contributed by atoms with Gasteiger partial charge < -0.3 is 4.74 Å². The van der Waals surface area contributed by atoms with Crippen molar-refractivity contribution in [2.24, 2.45) is 0 Å². The first-order chi connectivity index (χ1) is 13.8. The normalized spacial score (nSPS) is 11.3. The zero-order valence-corrected chi connectivity index (χ0v) is 18.1. The summed E-state index contributed by atoms with van der Waals surface area (Å²) in [7, 11) is 0. The number of halogens is 3. The fraction of sp³-hybridized carbons (Fsp3) is 0.190. The molecule has 5 nitrogen and oxygen atoms in total. The highest BCUT2D eigenvalue weighted by Crippen LogP contribution is 2.26. The Morgan fingerprint density at radius 2 is 2.07 bits per heavy atom. The van der Waals surface area contributed by atoms with Gasteiger partial charge in [-0.25, -0.2) is 14.2 Å². The van der Waals surface area contributed by atoms with E-state index in [9.17, 15) is 14.0 Å². The SMILES string of the molecule is CCOC(=O)/C=C/c1cc2c(=O)n(-c3ccc(Cl)cc3Br)c(CC)nc2cc1F. The molecule has 0 unspecified atom stereocenters. The second kappa shape index (κ2) is 8.88. The molecule has 1 heterocycles. The van der Waals surface area contributed by atoms with Crippen LogP contribution in [0.15, 0.2) is 45.7 Å². The summed E-state index contributed by atoms with van der Waals surface area (Å²) in [4.78, 5) is 29.3. The standard InChI is InChI=1S/C21H17BrClFN2O3/c1-3-19-25-17-11-16(24)12(5-8-20(27)29-4-2)9-14(17)21(28)26(19)18-7-6-13(23)10-15(18)22/h5-11H,3-4H2,1-2H3/b8-5+. The highest BCUT2D eigenvalue weighted by atomic mass is 79.9. The van der Waals surface area contributed by atoms with Crippen molar-refractivity contribution in [2.45, 2.75) is 20.3 Å². The second-order valence-electron chi connectivity index (χ2n) is 6.09. The second-order valence-corrected chi connectivity index (χ2v) is 7.38. The molecule has 2 aromatic carbocycles. The molecule has 150 valence electrons. The third kappa shape index (κ3) is 4.41. The highest BCUT2D eigenvalue weighted by Gasteiger charge is 2.16. The summed E-state index contributed by atoms with van der Waals surface area (Å²) in [6, 6.07) is 7.66. The molecular weight excluding hydrogens is 463 g/mol. The van der Waals surface area contributed by atoms with Crippen LogP contribution in [0, 0.1) is 5.82 Å². The van der Waals surface area contributed by atoms with Crippen molar-refractivity contribution in [2.75, 3.05) is 6.61 Å². The van der Waals surface area contributed by atoms with E-state index in [0.29, 0.717) is 27.4 Å². The molecular formula is C21H17BrClFN2O3. The number of hydrogen-bond acceptors (Lipinski definition) is 4. The van der Waals surface area contributed by atoms with Crippen molar-refractivity contribution in [1.29, 1.82) is 0 Å². The van der Waals surface area contributed by atoms with Crippen molar-refractivity contribution in [1.82, 2.24) is 9.55 Å². The zero-order valence-electron chi connectivity index (χ0n) is 15.7. The number of hydrogen-bond donors (Lipinski definition) is 0. The lowest BCUT2D eigenvalue weighted by Gasteiger charge is -2.14. The molecule has 0 saturated heterocycles. The van der Waals surface area contributed by atoms with E-state index < -0.39 is 11.8 Å². The summed E-state index contributed by atoms with van der Waals surface area (Å²) < 4.78 is 21.4. The first-order valence-corrected chi connectivity index (χ1v) is 10.1. The van der Waals surface area contributed by atoms with E-state index in [1.807, 2.05) is 6.92 Å². The average molecular weight is 480 g/mol. The molecule has 0 N–H and O–H groups in total. The lowest BCUT2D eigenvalue weighted by Crippen LogP contribution is -2.24. The molecule has 0 aliphatic carbocycles. The monoisotopic (exact) mass is 478 g/mol. The molecule has 0 atom stereocenters. The van der Waals surface area contributed by atoms with Gasteiger partial charge in [-0.05, 0) is 53.2 Å². The zero-order chi connectivity index (χ0) is 21.1. The summed E-state index contributed by atoms with van der Waals surface area (Å²) >= 11 is 9.45. The quantitative estimate of drug-likeness (QED) is 0.378. The van der Waals surface area contributed by atoms with Gasteiger partial charge in [0.2, 0.25) is 0 Å². The summed E-state index contributed by atoms with van der Waals surface area (Å²) in [5.41, 5.74) is 0.577. The maximum absolute atomic E-state index is 14.5. The molecule has 0 aliphatic heterocycles. The number of aryl methyl sites for hydroxylation is 1. The Kier molecular flexibility index (Phi) is 6.49. The average Bonchev–Trinajstić information content (AvgIpc) is 2.67. The molecule has 8 heteroatoms. The number of fused-ring (bicyclic) bond motifs is 1. The van der Waals surface area contributed by atoms with Gasteiger partial charge in [0.05, 0.1) is 23.2 Å². The number of esters is 1. The molecule has 0 bridgehead atoms. The van der Waals surface area contributed by atoms with Gasteiger partial charge >= 0.3 is 5.97 Å². The number of aromatic nitrogens is 2. The molecule has 0 radical (unpaired) electrons. The first-order valence-electron chi connectivity index (χ1n) is 8.91. The van der Waals surface area contributed by atoms with Crippen molar-refractivity contribution in [3.8, 4) is 5.69 Å². The van der Waals surface area contributed by atoms with Gasteiger partial charge in [0.15, 0.2) is 0 Å². The maximum atomic E-state index is 14.5. The van der Waals surface area contributed by atoms with Gasteiger partial charge in [0.25, 0.3) is 5.56 Å². The van der Waals surface area contributed by atoms with Gasteiger partial charge in [-0.3, -0.25) is 9.36 Å². The number of rotatable bonds is 5. The molecule has 0 spiro atoms. The third-order valence-corrected chi connectivity index (χ3v) is 5.08. The maximum Gasteiger partial charge on any atom is 0.330 e. The van der Waals surface area contributed by atoms with Crippen LogP contribution >= 0.6 is 27.5 Å². The van der Waals surface area contributed by atoms with Crippen LogP contribution in [-0.4, -0.2) is 22.1 Å². The van der Waals surface area contributed by atoms with Crippen molar-refractivity contribution in [3.05, 3.63) is 73.5 Å². The number of benzene rings is 2. The van der Waals surface area contributed by atoms with Crippen LogP contribution in [-0.2, 0) is 16.0 Å². The summed E-state index contributed by atoms with van der Waals surface area (Å²) in [6.07, 6.45) is 2.87. The van der Waals surface area contributed by atoms with E-state index in [4.69, 9.17) is 16.3 Å². The van der Waals surface area contributed by atoms with E-state index in [1.165, 1.54) is 22.8 Å². The largest absolute Gasteiger partial charge is 0.463 e. The Morgan fingerprint density at radius 1 is 1.31 bits per heavy atom. The predicted molar refractivity (Wildman–Crippen MR) is 115 cm³/mol. The number of carbonyl (C=O) groups is 1. The molecule has 3 rings (SSSR count). The van der Waals surface area contributed by atoms with Crippen LogP contribution < -0.4 is 5.56 Å². The molecule has 0 fully saturated rings. The minimum absolute atomic E-state index is 0.0930. The van der Waals surface area contributed by atoms with Gasteiger partial charge in [-0.1, -0.05) is 18.5 Å². The van der Waals surface area contributed by atoms with Crippen LogP contribution in [0.5, 0.6) is 0 Å². The van der Waals surface area contributed by atoms with Crippen LogP contribution in [0.25, 0.3) is 22.7 Å². The lowest BCUT2D eigenvalue weighted by atomic mass is 10.1. The Morgan fingerprint density at radius 3 is 2.72 bits per heavy atom. The molecule has 3 aromatic rings. The summed E-state index contributed by atoms with van der Waals surface area (Å²) in [5.74, 6) is -0.689. The lowest BCUT2D eigenvalue weighted by molar-refractivity contribution is -0.137. The molecule has 0 amide bonds. The minimum Gasteiger partial charge on any atom is -0.463 e. The van der Waals surface area contributed by atoms with E-state index in [1.54, 1.807) is 25.1 Å². The fourth-order valence-corrected chi connectivity index (χ4v) is 3.75. The van der Waals surface area contributed by atoms with Crippen LogP contribution in [0.3, 0.4) is 0 Å². The van der Waals surface area contributed by atoms with Crippen molar-refractivity contribution in [3.63, 3.8) is 0 Å². The number of ether oxygens (including phenoxy) is 1. The third-order valence-electron chi connectivity index (χ3n) is 4.21. The van der Waals surface area contributed by atoms with Gasteiger partial charge in [-0.2, -0.15) is 0 Å². The summed E-state index contributed by atoms with van der Waals surface area (Å²) in [5, 5.41) is 0.753. The Labute approximate surface area is 179 Å². The van der Waals surface area contributed by atoms with Crippen LogP contribution in [0.4, 0.5) is 4.39 Å². The first kappa shape index (κ1) is 21.2. The smallest absolute Gasteiger partial charge is 0.330 e. The van der Waals surface area contributed by atoms with Crippen molar-refractivity contribution >= 4 is 50.5 Å². The number of nitrogens with zero attached hydrogens (tertiary/aromatic N) is 2. The molecule has 0 aliphatic rings. The van der Waals surface area contributed by atoms with Crippen LogP contribution in [0.1, 0.15) is 25.2 Å². The topological polar surface area (TPSA) is 61.2 Å². The number of carbonyl (C=O) groups excluding carboxylic acids is 1. The van der Waals surface area contributed by atoms with E-state index in [-0.39, 0.29) is 28.6 Å². The van der Waals surface area contributed by atoms with Crippen molar-refractivity contribution < 1.29 is 13.9 Å². The fourth-order valence-electron chi connectivity index (χ4n) is 2.89. The Bertz CT molecular complexity index is 1190. The Hall–Kier alpha value is -2.51. The van der Waals surface area contributed by atoms with E-state index in [2.05, 4.69) is 20.9 Å². The molecule has 1 aromatic heterocycles. The van der Waals surface area contributed by atoms with Crippen LogP contribution in [0.2, 0.25) is 5.02 Å². The molecule has 0 saturated carbocycles. The highest BCUT2D eigenvalue weighted by molar-refractivity contribution is 9.10. The predicted octanol–water partition coefficient (Wildman–Crippen LogP) is 5.08. The van der Waals surface area contributed by atoms with Gasteiger partial charge in [0.1, 0.15) is 11.6 Å². The molecule has 29 heavy (non-hydrogen) atoms. The van der Waals surface area contributed by atoms with Gasteiger partial charge in [-0.15, -0.1) is 0 Å². The summed E-state index contributed by atoms with van der Waals surface area (Å²) in [6.45, 7) is 3.76. The Balaban J connectivity index is 2.23. The van der Waals surface area contributed by atoms with Gasteiger partial charge in [0, 0.05) is 33.6 Å².